The number of carbonyl (C=O) groups excluding carboxylic acids is 1. The van der Waals surface area contributed by atoms with Gasteiger partial charge in [0.15, 0.2) is 5.71 Å². The van der Waals surface area contributed by atoms with Crippen LogP contribution in [-0.4, -0.2) is 41.1 Å². The highest BCUT2D eigenvalue weighted by molar-refractivity contribution is 7.77. The molecule has 0 bridgehead atoms. The SMILES string of the molecule is Cc1ccc(N(Cc2cnc(C)cn2)C(=O)C2=NN=CC2=S(=O)=O)c(C)c1. The number of amides is 1. The third-order valence-electron chi connectivity index (χ3n) is 3.99. The summed E-state index contributed by atoms with van der Waals surface area (Å²) in [6.45, 7) is 5.77. The first-order valence-corrected chi connectivity index (χ1v) is 9.18. The molecule has 27 heavy (non-hydrogen) atoms. The maximum Gasteiger partial charge on any atom is 0.280 e. The van der Waals surface area contributed by atoms with Crippen LogP contribution in [0.4, 0.5) is 5.69 Å². The third-order valence-corrected chi connectivity index (χ3v) is 4.65. The van der Waals surface area contributed by atoms with Crippen molar-refractivity contribution in [3.63, 3.8) is 0 Å². The van der Waals surface area contributed by atoms with Crippen LogP contribution < -0.4 is 4.90 Å². The zero-order chi connectivity index (χ0) is 19.6. The van der Waals surface area contributed by atoms with Gasteiger partial charge in [-0.2, -0.15) is 13.5 Å². The molecule has 1 amide bonds. The summed E-state index contributed by atoms with van der Waals surface area (Å²) in [7, 11) is -2.61. The van der Waals surface area contributed by atoms with Crippen LogP contribution in [0.1, 0.15) is 22.5 Å². The van der Waals surface area contributed by atoms with E-state index in [4.69, 9.17) is 0 Å². The molecule has 2 aromatic rings. The summed E-state index contributed by atoms with van der Waals surface area (Å²) < 4.78 is 22.8. The van der Waals surface area contributed by atoms with Crippen molar-refractivity contribution in [2.45, 2.75) is 27.3 Å². The van der Waals surface area contributed by atoms with Crippen LogP contribution in [0.3, 0.4) is 0 Å². The minimum absolute atomic E-state index is 0.119. The molecule has 138 valence electrons. The van der Waals surface area contributed by atoms with Crippen molar-refractivity contribution in [1.29, 1.82) is 0 Å². The van der Waals surface area contributed by atoms with Gasteiger partial charge in [0.05, 0.1) is 30.3 Å². The van der Waals surface area contributed by atoms with E-state index in [0.29, 0.717) is 11.4 Å². The number of aromatic nitrogens is 2. The molecule has 0 saturated carbocycles. The van der Waals surface area contributed by atoms with E-state index in [1.807, 2.05) is 39.0 Å². The largest absolute Gasteiger partial charge is 0.301 e. The van der Waals surface area contributed by atoms with E-state index in [-0.39, 0.29) is 17.1 Å². The van der Waals surface area contributed by atoms with Gasteiger partial charge in [-0.05, 0) is 32.4 Å². The zero-order valence-corrected chi connectivity index (χ0v) is 15.9. The number of rotatable bonds is 4. The maximum absolute atomic E-state index is 13.1. The predicted molar refractivity (Wildman–Crippen MR) is 104 cm³/mol. The molecule has 1 aliphatic rings. The van der Waals surface area contributed by atoms with Crippen molar-refractivity contribution in [2.75, 3.05) is 4.90 Å². The van der Waals surface area contributed by atoms with Crippen LogP contribution >= 0.6 is 0 Å². The fourth-order valence-corrected chi connectivity index (χ4v) is 3.10. The Kier molecular flexibility index (Phi) is 5.22. The smallest absolute Gasteiger partial charge is 0.280 e. The van der Waals surface area contributed by atoms with E-state index < -0.39 is 16.2 Å². The van der Waals surface area contributed by atoms with E-state index in [0.717, 1.165) is 23.0 Å². The molecule has 0 aliphatic carbocycles. The van der Waals surface area contributed by atoms with Gasteiger partial charge in [0.1, 0.15) is 4.86 Å². The Balaban J connectivity index is 2.05. The van der Waals surface area contributed by atoms with Gasteiger partial charge in [-0.3, -0.25) is 14.8 Å². The molecule has 1 aromatic heterocycles. The van der Waals surface area contributed by atoms with Gasteiger partial charge in [-0.1, -0.05) is 17.7 Å². The Bertz CT molecular complexity index is 1090. The first-order chi connectivity index (χ1) is 12.9. The minimum Gasteiger partial charge on any atom is -0.301 e. The number of hydrogen-bond acceptors (Lipinski definition) is 7. The molecule has 3 rings (SSSR count). The molecule has 0 radical (unpaired) electrons. The highest BCUT2D eigenvalue weighted by Crippen LogP contribution is 2.24. The first-order valence-electron chi connectivity index (χ1n) is 8.11. The fourth-order valence-electron chi connectivity index (χ4n) is 2.69. The number of benzene rings is 1. The number of carbonyl (C=O) groups is 1. The molecule has 9 heteroatoms. The predicted octanol–water partition coefficient (Wildman–Crippen LogP) is 1.43. The summed E-state index contributed by atoms with van der Waals surface area (Å²) in [6.07, 6.45) is 4.26. The summed E-state index contributed by atoms with van der Waals surface area (Å²) in [5.74, 6) is -0.568. The van der Waals surface area contributed by atoms with Crippen molar-refractivity contribution in [3.05, 3.63) is 53.1 Å². The maximum atomic E-state index is 13.1. The summed E-state index contributed by atoms with van der Waals surface area (Å²) in [4.78, 5) is 22.9. The van der Waals surface area contributed by atoms with Gasteiger partial charge >= 0.3 is 0 Å². The monoisotopic (exact) mass is 383 g/mol. The number of anilines is 1. The average molecular weight is 383 g/mol. The highest BCUT2D eigenvalue weighted by atomic mass is 32.2. The lowest BCUT2D eigenvalue weighted by atomic mass is 10.1. The van der Waals surface area contributed by atoms with Gasteiger partial charge < -0.3 is 4.90 Å². The Hall–Kier alpha value is -3.20. The molecule has 0 atom stereocenters. The van der Waals surface area contributed by atoms with Crippen molar-refractivity contribution in [2.24, 2.45) is 10.2 Å². The molecular weight excluding hydrogens is 366 g/mol. The Labute approximate surface area is 157 Å². The van der Waals surface area contributed by atoms with Crippen LogP contribution in [0.2, 0.25) is 0 Å². The van der Waals surface area contributed by atoms with Crippen molar-refractivity contribution in [3.8, 4) is 0 Å². The lowest BCUT2D eigenvalue weighted by Gasteiger charge is -2.24. The van der Waals surface area contributed by atoms with Crippen LogP contribution in [0, 0.1) is 20.8 Å². The highest BCUT2D eigenvalue weighted by Gasteiger charge is 2.29. The normalized spacial score (nSPS) is 12.9. The molecular formula is C18H17N5O3S. The van der Waals surface area contributed by atoms with Gasteiger partial charge in [0.2, 0.25) is 10.3 Å². The van der Waals surface area contributed by atoms with Gasteiger partial charge in [0.25, 0.3) is 5.91 Å². The van der Waals surface area contributed by atoms with E-state index in [2.05, 4.69) is 20.2 Å². The first kappa shape index (κ1) is 18.6. The molecule has 1 aliphatic heterocycles. The second-order valence-corrected chi connectivity index (χ2v) is 7.03. The number of aryl methyl sites for hydroxylation is 3. The van der Waals surface area contributed by atoms with Crippen LogP contribution in [0.25, 0.3) is 0 Å². The zero-order valence-electron chi connectivity index (χ0n) is 15.0. The molecule has 0 saturated heterocycles. The topological polar surface area (TPSA) is 105 Å². The van der Waals surface area contributed by atoms with Crippen LogP contribution in [-0.2, 0) is 21.6 Å². The quantitative estimate of drug-likeness (QED) is 0.743. The average Bonchev–Trinajstić information content (AvgIpc) is 3.11. The van der Waals surface area contributed by atoms with Gasteiger partial charge in [-0.25, -0.2) is 0 Å². The molecule has 2 heterocycles. The van der Waals surface area contributed by atoms with Crippen molar-refractivity contribution < 1.29 is 13.2 Å². The van der Waals surface area contributed by atoms with Crippen molar-refractivity contribution in [1.82, 2.24) is 9.97 Å². The molecule has 1 aromatic carbocycles. The molecule has 0 fully saturated rings. The fraction of sp³-hybridized carbons (Fsp3) is 0.222. The standard InChI is InChI=1S/C18H17N5O3S/c1-11-4-5-15(12(2)6-11)23(10-14-8-19-13(3)7-20-14)18(24)17-16(27(25)26)9-21-22-17/h4-9H,10H2,1-3H3. The van der Waals surface area contributed by atoms with E-state index >= 15 is 0 Å². The second kappa shape index (κ2) is 7.58. The Morgan fingerprint density at radius 3 is 2.52 bits per heavy atom. The van der Waals surface area contributed by atoms with E-state index in [9.17, 15) is 13.2 Å². The van der Waals surface area contributed by atoms with E-state index in [1.165, 1.54) is 4.90 Å². The lowest BCUT2D eigenvalue weighted by Crippen LogP contribution is -2.40. The van der Waals surface area contributed by atoms with Gasteiger partial charge in [0, 0.05) is 11.9 Å². The van der Waals surface area contributed by atoms with Crippen LogP contribution in [0.5, 0.6) is 0 Å². The number of nitrogens with zero attached hydrogens (tertiary/aromatic N) is 5. The van der Waals surface area contributed by atoms with Crippen molar-refractivity contribution >= 4 is 38.7 Å². The third kappa shape index (κ3) is 3.98. The molecule has 8 nitrogen and oxygen atoms in total. The summed E-state index contributed by atoms with van der Waals surface area (Å²) >= 11 is 0. The molecule has 0 unspecified atom stereocenters. The number of hydrogen-bond donors (Lipinski definition) is 0. The summed E-state index contributed by atoms with van der Waals surface area (Å²) in [5.41, 5.74) is 3.66. The molecule has 0 spiro atoms. The van der Waals surface area contributed by atoms with Gasteiger partial charge in [-0.15, -0.1) is 5.10 Å². The van der Waals surface area contributed by atoms with E-state index in [1.54, 1.807) is 12.4 Å². The second-order valence-electron chi connectivity index (χ2n) is 6.12. The summed E-state index contributed by atoms with van der Waals surface area (Å²) in [6, 6.07) is 5.64. The Morgan fingerprint density at radius 2 is 1.89 bits per heavy atom. The van der Waals surface area contributed by atoms with Crippen LogP contribution in [0.15, 0.2) is 40.8 Å². The molecule has 0 N–H and O–H groups in total. The summed E-state index contributed by atoms with van der Waals surface area (Å²) in [5, 5.41) is 7.29. The Morgan fingerprint density at radius 1 is 1.11 bits per heavy atom. The minimum atomic E-state index is -2.61. The lowest BCUT2D eigenvalue weighted by molar-refractivity contribution is -0.112.